The van der Waals surface area contributed by atoms with Gasteiger partial charge in [0.25, 0.3) is 0 Å². The van der Waals surface area contributed by atoms with Crippen LogP contribution in [0.15, 0.2) is 22.7 Å². The van der Waals surface area contributed by atoms with Gasteiger partial charge in [-0.25, -0.2) is 4.79 Å². The van der Waals surface area contributed by atoms with Gasteiger partial charge in [0, 0.05) is 36.3 Å². The Kier molecular flexibility index (Phi) is 5.19. The number of aryl methyl sites for hydroxylation is 1. The fourth-order valence-corrected chi connectivity index (χ4v) is 2.58. The molecule has 0 atom stereocenters. The first-order valence-electron chi connectivity index (χ1n) is 6.72. The van der Waals surface area contributed by atoms with E-state index >= 15 is 0 Å². The van der Waals surface area contributed by atoms with Crippen LogP contribution < -0.4 is 5.32 Å². The molecule has 0 unspecified atom stereocenters. The van der Waals surface area contributed by atoms with Gasteiger partial charge in [-0.15, -0.1) is 0 Å². The fraction of sp³-hybridized carbons (Fsp3) is 0.429. The van der Waals surface area contributed by atoms with Crippen LogP contribution in [0.1, 0.15) is 5.56 Å². The zero-order chi connectivity index (χ0) is 15.4. The van der Waals surface area contributed by atoms with Crippen molar-refractivity contribution in [3.8, 4) is 0 Å². The van der Waals surface area contributed by atoms with E-state index in [1.54, 1.807) is 4.90 Å². The number of halogens is 1. The van der Waals surface area contributed by atoms with Crippen LogP contribution in [-0.4, -0.2) is 59.6 Å². The van der Waals surface area contributed by atoms with Gasteiger partial charge in [0.2, 0.25) is 0 Å². The second kappa shape index (κ2) is 6.91. The number of hydrogen-bond acceptors (Lipinski definition) is 3. The number of carboxylic acid groups (broad SMARTS) is 1. The third kappa shape index (κ3) is 4.44. The van der Waals surface area contributed by atoms with Gasteiger partial charge >= 0.3 is 12.0 Å². The van der Waals surface area contributed by atoms with Gasteiger partial charge in [-0.3, -0.25) is 9.69 Å². The molecule has 1 aliphatic rings. The van der Waals surface area contributed by atoms with Crippen molar-refractivity contribution in [3.05, 3.63) is 28.2 Å². The van der Waals surface area contributed by atoms with E-state index in [0.29, 0.717) is 26.2 Å². The lowest BCUT2D eigenvalue weighted by atomic mass is 10.2. The van der Waals surface area contributed by atoms with Crippen molar-refractivity contribution in [2.24, 2.45) is 0 Å². The van der Waals surface area contributed by atoms with Gasteiger partial charge in [-0.05, 0) is 24.6 Å². The molecule has 1 aromatic rings. The van der Waals surface area contributed by atoms with Crippen LogP contribution in [0.3, 0.4) is 0 Å². The molecular weight excluding hydrogens is 338 g/mol. The van der Waals surface area contributed by atoms with Crippen molar-refractivity contribution < 1.29 is 14.7 Å². The maximum Gasteiger partial charge on any atom is 0.321 e. The van der Waals surface area contributed by atoms with Crippen LogP contribution in [0.4, 0.5) is 10.5 Å². The first-order valence-corrected chi connectivity index (χ1v) is 7.51. The van der Waals surface area contributed by atoms with Gasteiger partial charge in [0.15, 0.2) is 0 Å². The summed E-state index contributed by atoms with van der Waals surface area (Å²) >= 11 is 3.39. The van der Waals surface area contributed by atoms with Gasteiger partial charge in [0.05, 0.1) is 6.54 Å². The predicted octanol–water partition coefficient (Wildman–Crippen LogP) is 1.99. The minimum atomic E-state index is -0.835. The SMILES string of the molecule is Cc1ccc(Br)cc1NC(=O)N1CCN(CC(=O)O)CC1. The predicted molar refractivity (Wildman–Crippen MR) is 83.5 cm³/mol. The molecule has 0 bridgehead atoms. The molecule has 1 fully saturated rings. The summed E-state index contributed by atoms with van der Waals surface area (Å²) in [5.74, 6) is -0.835. The molecule has 0 saturated carbocycles. The molecule has 2 rings (SSSR count). The minimum absolute atomic E-state index is 0.0280. The van der Waals surface area contributed by atoms with E-state index in [4.69, 9.17) is 5.11 Å². The zero-order valence-electron chi connectivity index (χ0n) is 11.8. The molecule has 114 valence electrons. The molecule has 1 saturated heterocycles. The molecule has 2 N–H and O–H groups in total. The van der Waals surface area contributed by atoms with Crippen LogP contribution in [0.25, 0.3) is 0 Å². The molecular formula is C14H18BrN3O3. The first kappa shape index (κ1) is 15.8. The summed E-state index contributed by atoms with van der Waals surface area (Å²) in [6.07, 6.45) is 0. The summed E-state index contributed by atoms with van der Waals surface area (Å²) < 4.78 is 0.912. The fourth-order valence-electron chi connectivity index (χ4n) is 2.22. The summed E-state index contributed by atoms with van der Waals surface area (Å²) in [7, 11) is 0. The van der Waals surface area contributed by atoms with E-state index in [-0.39, 0.29) is 12.6 Å². The smallest absolute Gasteiger partial charge is 0.321 e. The molecule has 1 heterocycles. The Morgan fingerprint density at radius 1 is 1.29 bits per heavy atom. The Bertz CT molecular complexity index is 542. The standard InChI is InChI=1S/C14H18BrN3O3/c1-10-2-3-11(15)8-12(10)16-14(21)18-6-4-17(5-7-18)9-13(19)20/h2-3,8H,4-7,9H2,1H3,(H,16,21)(H,19,20). The maximum absolute atomic E-state index is 12.2. The zero-order valence-corrected chi connectivity index (χ0v) is 13.4. The topological polar surface area (TPSA) is 72.9 Å². The summed E-state index contributed by atoms with van der Waals surface area (Å²) in [4.78, 5) is 26.4. The van der Waals surface area contributed by atoms with E-state index in [1.807, 2.05) is 30.0 Å². The Hall–Kier alpha value is -1.60. The van der Waals surface area contributed by atoms with Crippen molar-refractivity contribution in [3.63, 3.8) is 0 Å². The number of nitrogens with zero attached hydrogens (tertiary/aromatic N) is 2. The maximum atomic E-state index is 12.2. The van der Waals surface area contributed by atoms with Crippen molar-refractivity contribution in [2.45, 2.75) is 6.92 Å². The van der Waals surface area contributed by atoms with E-state index in [9.17, 15) is 9.59 Å². The van der Waals surface area contributed by atoms with E-state index in [2.05, 4.69) is 21.2 Å². The highest BCUT2D eigenvalue weighted by Gasteiger charge is 2.22. The Labute approximate surface area is 131 Å². The second-order valence-electron chi connectivity index (χ2n) is 5.05. The van der Waals surface area contributed by atoms with E-state index in [1.165, 1.54) is 0 Å². The summed E-state index contributed by atoms with van der Waals surface area (Å²) in [6, 6.07) is 5.58. The molecule has 2 amide bonds. The third-order valence-corrected chi connectivity index (χ3v) is 3.95. The van der Waals surface area contributed by atoms with Gasteiger partial charge in [0.1, 0.15) is 0 Å². The first-order chi connectivity index (χ1) is 9.95. The van der Waals surface area contributed by atoms with Crippen LogP contribution in [-0.2, 0) is 4.79 Å². The van der Waals surface area contributed by atoms with Crippen molar-refractivity contribution in [1.82, 2.24) is 9.80 Å². The van der Waals surface area contributed by atoms with Crippen LogP contribution in [0.5, 0.6) is 0 Å². The molecule has 7 heteroatoms. The van der Waals surface area contributed by atoms with Gasteiger partial charge in [-0.1, -0.05) is 22.0 Å². The van der Waals surface area contributed by atoms with Crippen LogP contribution >= 0.6 is 15.9 Å². The number of urea groups is 1. The molecule has 1 aliphatic heterocycles. The number of carbonyl (C=O) groups is 2. The number of piperazine rings is 1. The summed E-state index contributed by atoms with van der Waals surface area (Å²) in [5.41, 5.74) is 1.78. The molecule has 1 aromatic carbocycles. The monoisotopic (exact) mass is 355 g/mol. The van der Waals surface area contributed by atoms with Crippen molar-refractivity contribution in [2.75, 3.05) is 38.0 Å². The van der Waals surface area contributed by atoms with Gasteiger partial charge < -0.3 is 15.3 Å². The number of hydrogen-bond donors (Lipinski definition) is 2. The van der Waals surface area contributed by atoms with Crippen LogP contribution in [0.2, 0.25) is 0 Å². The van der Waals surface area contributed by atoms with Crippen molar-refractivity contribution >= 4 is 33.6 Å². The third-order valence-electron chi connectivity index (χ3n) is 3.46. The normalized spacial score (nSPS) is 15.8. The quantitative estimate of drug-likeness (QED) is 0.869. The van der Waals surface area contributed by atoms with Crippen molar-refractivity contribution in [1.29, 1.82) is 0 Å². The lowest BCUT2D eigenvalue weighted by Gasteiger charge is -2.33. The number of carboxylic acids is 1. The number of benzene rings is 1. The lowest BCUT2D eigenvalue weighted by Crippen LogP contribution is -2.51. The second-order valence-corrected chi connectivity index (χ2v) is 5.96. The highest BCUT2D eigenvalue weighted by molar-refractivity contribution is 9.10. The Balaban J connectivity index is 1.90. The highest BCUT2D eigenvalue weighted by Crippen LogP contribution is 2.21. The molecule has 21 heavy (non-hydrogen) atoms. The average Bonchev–Trinajstić information content (AvgIpc) is 2.43. The number of rotatable bonds is 3. The van der Waals surface area contributed by atoms with Crippen LogP contribution in [0, 0.1) is 6.92 Å². The Morgan fingerprint density at radius 3 is 2.57 bits per heavy atom. The number of amides is 2. The Morgan fingerprint density at radius 2 is 1.95 bits per heavy atom. The molecule has 0 aliphatic carbocycles. The largest absolute Gasteiger partial charge is 0.480 e. The average molecular weight is 356 g/mol. The van der Waals surface area contributed by atoms with E-state index in [0.717, 1.165) is 15.7 Å². The highest BCUT2D eigenvalue weighted by atomic mass is 79.9. The lowest BCUT2D eigenvalue weighted by molar-refractivity contribution is -0.138. The molecule has 0 spiro atoms. The number of aliphatic carboxylic acids is 1. The minimum Gasteiger partial charge on any atom is -0.480 e. The van der Waals surface area contributed by atoms with Gasteiger partial charge in [-0.2, -0.15) is 0 Å². The molecule has 6 nitrogen and oxygen atoms in total. The summed E-state index contributed by atoms with van der Waals surface area (Å²) in [6.45, 7) is 4.19. The van der Waals surface area contributed by atoms with E-state index < -0.39 is 5.97 Å². The number of anilines is 1. The summed E-state index contributed by atoms with van der Waals surface area (Å²) in [5, 5.41) is 11.7. The number of carbonyl (C=O) groups excluding carboxylic acids is 1. The molecule has 0 aromatic heterocycles. The number of nitrogens with one attached hydrogen (secondary N) is 1. The molecule has 0 radical (unpaired) electrons.